The highest BCUT2D eigenvalue weighted by atomic mass is 19.1. The second-order valence-corrected chi connectivity index (χ2v) is 6.90. The zero-order valence-electron chi connectivity index (χ0n) is 15.8. The molecule has 28 heavy (non-hydrogen) atoms. The Morgan fingerprint density at radius 2 is 1.75 bits per heavy atom. The molecule has 1 aliphatic heterocycles. The van der Waals surface area contributed by atoms with Gasteiger partial charge in [0.1, 0.15) is 5.82 Å². The van der Waals surface area contributed by atoms with Crippen LogP contribution in [-0.4, -0.2) is 42.8 Å². The second kappa shape index (κ2) is 8.66. The van der Waals surface area contributed by atoms with Crippen LogP contribution in [-0.2, 0) is 11.2 Å². The molecular formula is C22H22FN3O2. The van der Waals surface area contributed by atoms with E-state index < -0.39 is 5.82 Å². The molecule has 1 saturated heterocycles. The van der Waals surface area contributed by atoms with Crippen LogP contribution in [0.2, 0.25) is 0 Å². The Morgan fingerprint density at radius 3 is 2.32 bits per heavy atom. The Kier molecular flexibility index (Phi) is 6.05. The van der Waals surface area contributed by atoms with Gasteiger partial charge in [0, 0.05) is 38.2 Å². The molecule has 2 aromatic carbocycles. The normalized spacial score (nSPS) is 13.9. The quantitative estimate of drug-likeness (QED) is 0.749. The van der Waals surface area contributed by atoms with E-state index in [9.17, 15) is 14.0 Å². The lowest BCUT2D eigenvalue weighted by Gasteiger charge is -2.36. The number of rotatable bonds is 5. The van der Waals surface area contributed by atoms with Gasteiger partial charge in [-0.25, -0.2) is 4.39 Å². The van der Waals surface area contributed by atoms with Crippen molar-refractivity contribution in [3.05, 3.63) is 65.0 Å². The first-order chi connectivity index (χ1) is 13.5. The molecule has 1 amide bonds. The first kappa shape index (κ1) is 19.6. The molecule has 6 heteroatoms. The first-order valence-electron chi connectivity index (χ1n) is 9.30. The summed E-state index contributed by atoms with van der Waals surface area (Å²) in [6.07, 6.45) is 1.04. The van der Waals surface area contributed by atoms with E-state index in [0.717, 1.165) is 5.56 Å². The van der Waals surface area contributed by atoms with Crippen LogP contribution in [0.25, 0.3) is 0 Å². The van der Waals surface area contributed by atoms with Crippen LogP contribution in [0.5, 0.6) is 0 Å². The molecule has 0 N–H and O–H groups in total. The van der Waals surface area contributed by atoms with Gasteiger partial charge in [0.2, 0.25) is 5.91 Å². The Morgan fingerprint density at radius 1 is 1.07 bits per heavy atom. The molecule has 0 bridgehead atoms. The number of piperazine rings is 1. The Balaban J connectivity index is 1.52. The molecule has 1 heterocycles. The average molecular weight is 379 g/mol. The number of halogens is 1. The van der Waals surface area contributed by atoms with Crippen molar-refractivity contribution < 1.29 is 14.0 Å². The number of nitrogens with zero attached hydrogens (tertiary/aromatic N) is 3. The van der Waals surface area contributed by atoms with Crippen molar-refractivity contribution in [3.63, 3.8) is 0 Å². The van der Waals surface area contributed by atoms with Crippen LogP contribution >= 0.6 is 0 Å². The number of nitriles is 1. The van der Waals surface area contributed by atoms with E-state index in [0.29, 0.717) is 55.8 Å². The minimum Gasteiger partial charge on any atom is -0.366 e. The monoisotopic (exact) mass is 379 g/mol. The second-order valence-electron chi connectivity index (χ2n) is 6.90. The molecule has 144 valence electrons. The maximum Gasteiger partial charge on any atom is 0.223 e. The lowest BCUT2D eigenvalue weighted by molar-refractivity contribution is -0.131. The summed E-state index contributed by atoms with van der Waals surface area (Å²) in [6.45, 7) is 3.61. The fourth-order valence-corrected chi connectivity index (χ4v) is 3.33. The summed E-state index contributed by atoms with van der Waals surface area (Å²) in [5.74, 6) is -0.493. The van der Waals surface area contributed by atoms with Crippen molar-refractivity contribution in [2.75, 3.05) is 31.1 Å². The summed E-state index contributed by atoms with van der Waals surface area (Å²) < 4.78 is 14.3. The highest BCUT2D eigenvalue weighted by Gasteiger charge is 2.23. The molecule has 3 rings (SSSR count). The Labute approximate surface area is 164 Å². The summed E-state index contributed by atoms with van der Waals surface area (Å²) in [5, 5.41) is 8.82. The minimum absolute atomic E-state index is 0.0800. The first-order valence-corrected chi connectivity index (χ1v) is 9.30. The highest BCUT2D eigenvalue weighted by Crippen LogP contribution is 2.22. The average Bonchev–Trinajstić information content (AvgIpc) is 2.72. The molecule has 2 aromatic rings. The molecule has 0 radical (unpaired) electrons. The van der Waals surface area contributed by atoms with E-state index in [1.807, 2.05) is 21.9 Å². The van der Waals surface area contributed by atoms with E-state index in [-0.39, 0.29) is 11.7 Å². The summed E-state index contributed by atoms with van der Waals surface area (Å²) in [5.41, 5.74) is 2.46. The summed E-state index contributed by atoms with van der Waals surface area (Å²) >= 11 is 0. The number of carbonyl (C=O) groups excluding carboxylic acids is 2. The zero-order valence-corrected chi connectivity index (χ0v) is 15.8. The van der Waals surface area contributed by atoms with Gasteiger partial charge in [-0.3, -0.25) is 9.59 Å². The number of aryl methyl sites for hydroxylation is 1. The molecule has 0 unspecified atom stereocenters. The molecule has 0 atom stereocenters. The Hall–Kier alpha value is -3.20. The van der Waals surface area contributed by atoms with Crippen LogP contribution in [0.3, 0.4) is 0 Å². The number of anilines is 1. The van der Waals surface area contributed by atoms with Gasteiger partial charge in [-0.2, -0.15) is 5.26 Å². The number of amides is 1. The number of hydrogen-bond acceptors (Lipinski definition) is 4. The third-order valence-electron chi connectivity index (χ3n) is 5.04. The van der Waals surface area contributed by atoms with Crippen molar-refractivity contribution in [1.82, 2.24) is 4.90 Å². The summed E-state index contributed by atoms with van der Waals surface area (Å²) in [4.78, 5) is 27.5. The smallest absolute Gasteiger partial charge is 0.223 e. The standard InChI is InChI=1S/C22H22FN3O2/c1-16(27)19-7-8-21(20(23)14-19)25-10-12-26(13-11-25)22(28)9-6-17-2-4-18(15-24)5-3-17/h2-5,7-8,14H,6,9-13H2,1H3. The molecule has 0 aliphatic carbocycles. The predicted octanol–water partition coefficient (Wildman–Crippen LogP) is 3.18. The summed E-state index contributed by atoms with van der Waals surface area (Å²) in [6, 6.07) is 13.9. The number of hydrogen-bond donors (Lipinski definition) is 0. The summed E-state index contributed by atoms with van der Waals surface area (Å²) in [7, 11) is 0. The number of carbonyl (C=O) groups is 2. The van der Waals surface area contributed by atoms with Crippen LogP contribution in [0.15, 0.2) is 42.5 Å². The minimum atomic E-state index is -0.409. The van der Waals surface area contributed by atoms with Crippen molar-refractivity contribution in [1.29, 1.82) is 5.26 Å². The third-order valence-corrected chi connectivity index (χ3v) is 5.04. The maximum absolute atomic E-state index is 14.3. The van der Waals surface area contributed by atoms with E-state index >= 15 is 0 Å². The van der Waals surface area contributed by atoms with E-state index in [1.165, 1.54) is 13.0 Å². The van der Waals surface area contributed by atoms with Crippen LogP contribution in [0.4, 0.5) is 10.1 Å². The van der Waals surface area contributed by atoms with Crippen LogP contribution < -0.4 is 4.90 Å². The van der Waals surface area contributed by atoms with E-state index in [1.54, 1.807) is 24.3 Å². The Bertz CT molecular complexity index is 910. The van der Waals surface area contributed by atoms with Gasteiger partial charge in [0.05, 0.1) is 17.3 Å². The lowest BCUT2D eigenvalue weighted by atomic mass is 10.1. The van der Waals surface area contributed by atoms with Crippen molar-refractivity contribution in [2.24, 2.45) is 0 Å². The number of ketones is 1. The predicted molar refractivity (Wildman–Crippen MR) is 105 cm³/mol. The molecular weight excluding hydrogens is 357 g/mol. The van der Waals surface area contributed by atoms with Gasteiger partial charge in [-0.05, 0) is 49.2 Å². The van der Waals surface area contributed by atoms with Gasteiger partial charge in [0.15, 0.2) is 5.78 Å². The van der Waals surface area contributed by atoms with E-state index in [4.69, 9.17) is 5.26 Å². The number of benzene rings is 2. The fourth-order valence-electron chi connectivity index (χ4n) is 3.33. The largest absolute Gasteiger partial charge is 0.366 e. The van der Waals surface area contributed by atoms with Crippen molar-refractivity contribution in [2.45, 2.75) is 19.8 Å². The molecule has 0 saturated carbocycles. The molecule has 0 aromatic heterocycles. The van der Waals surface area contributed by atoms with Gasteiger partial charge in [-0.15, -0.1) is 0 Å². The number of Topliss-reactive ketones (excluding diaryl/α,β-unsaturated/α-hetero) is 1. The topological polar surface area (TPSA) is 64.4 Å². The van der Waals surface area contributed by atoms with Crippen LogP contribution in [0, 0.1) is 17.1 Å². The molecule has 0 spiro atoms. The third kappa shape index (κ3) is 4.55. The molecule has 1 aliphatic rings. The van der Waals surface area contributed by atoms with Gasteiger partial charge >= 0.3 is 0 Å². The molecule has 1 fully saturated rings. The van der Waals surface area contributed by atoms with Gasteiger partial charge < -0.3 is 9.80 Å². The fraction of sp³-hybridized carbons (Fsp3) is 0.318. The lowest BCUT2D eigenvalue weighted by Crippen LogP contribution is -2.49. The van der Waals surface area contributed by atoms with Gasteiger partial charge in [-0.1, -0.05) is 12.1 Å². The van der Waals surface area contributed by atoms with Crippen LogP contribution in [0.1, 0.15) is 34.8 Å². The van der Waals surface area contributed by atoms with Gasteiger partial charge in [0.25, 0.3) is 0 Å². The van der Waals surface area contributed by atoms with Crippen molar-refractivity contribution in [3.8, 4) is 6.07 Å². The van der Waals surface area contributed by atoms with E-state index in [2.05, 4.69) is 6.07 Å². The highest BCUT2D eigenvalue weighted by molar-refractivity contribution is 5.94. The zero-order chi connectivity index (χ0) is 20.1. The maximum atomic E-state index is 14.3. The van der Waals surface area contributed by atoms with Crippen molar-refractivity contribution >= 4 is 17.4 Å². The molecule has 5 nitrogen and oxygen atoms in total. The SMILES string of the molecule is CC(=O)c1ccc(N2CCN(C(=O)CCc3ccc(C#N)cc3)CC2)c(F)c1.